The molecule has 0 aliphatic carbocycles. The van der Waals surface area contributed by atoms with Gasteiger partial charge >= 0.3 is 0 Å². The number of anilines is 2. The fraction of sp³-hybridized carbons (Fsp3) is 0.400. The molecule has 0 saturated heterocycles. The molecule has 1 aromatic rings. The van der Waals surface area contributed by atoms with Crippen LogP contribution in [0.3, 0.4) is 0 Å². The molecule has 4 nitrogen and oxygen atoms in total. The largest absolute Gasteiger partial charge is 0.395 e. The summed E-state index contributed by atoms with van der Waals surface area (Å²) in [7, 11) is 1.91. The Labute approximate surface area is 84.0 Å². The summed E-state index contributed by atoms with van der Waals surface area (Å²) in [6, 6.07) is 3.96. The fourth-order valence-electron chi connectivity index (χ4n) is 1.09. The minimum Gasteiger partial charge on any atom is -0.395 e. The first-order chi connectivity index (χ1) is 6.57. The molecule has 0 aromatic carbocycles. The number of hydrogen-bond donors (Lipinski definition) is 1. The Balaban J connectivity index is 3.17. The second-order valence-corrected chi connectivity index (χ2v) is 3.41. The minimum atomic E-state index is 0.304. The molecule has 0 unspecified atom stereocenters. The Morgan fingerprint density at radius 3 is 2.71 bits per heavy atom. The normalized spacial score (nSPS) is 9.93. The third kappa shape index (κ3) is 1.77. The second-order valence-electron chi connectivity index (χ2n) is 3.41. The molecule has 1 aromatic heterocycles. The van der Waals surface area contributed by atoms with Crippen LogP contribution < -0.4 is 10.6 Å². The third-order valence-electron chi connectivity index (χ3n) is 2.20. The average molecular weight is 190 g/mol. The van der Waals surface area contributed by atoms with E-state index in [2.05, 4.69) is 4.98 Å². The highest BCUT2D eigenvalue weighted by Gasteiger charge is 2.12. The summed E-state index contributed by atoms with van der Waals surface area (Å²) < 4.78 is 0. The third-order valence-corrected chi connectivity index (χ3v) is 2.20. The van der Waals surface area contributed by atoms with Gasteiger partial charge in [0, 0.05) is 19.3 Å². The van der Waals surface area contributed by atoms with Gasteiger partial charge in [0.15, 0.2) is 5.82 Å². The maximum Gasteiger partial charge on any atom is 0.153 e. The Morgan fingerprint density at radius 2 is 2.21 bits per heavy atom. The number of nitriles is 1. The number of hydrogen-bond acceptors (Lipinski definition) is 4. The van der Waals surface area contributed by atoms with Crippen molar-refractivity contribution in [1.82, 2.24) is 4.98 Å². The second kappa shape index (κ2) is 3.97. The summed E-state index contributed by atoms with van der Waals surface area (Å²) >= 11 is 0. The van der Waals surface area contributed by atoms with Gasteiger partial charge in [-0.3, -0.25) is 0 Å². The summed E-state index contributed by atoms with van der Waals surface area (Å²) in [4.78, 5) is 6.10. The molecule has 0 amide bonds. The number of nitrogen functional groups attached to an aromatic ring is 1. The highest BCUT2D eigenvalue weighted by molar-refractivity contribution is 5.69. The van der Waals surface area contributed by atoms with E-state index in [0.717, 1.165) is 0 Å². The lowest BCUT2D eigenvalue weighted by atomic mass is 10.2. The van der Waals surface area contributed by atoms with Crippen LogP contribution in [0.2, 0.25) is 0 Å². The van der Waals surface area contributed by atoms with E-state index in [1.807, 2.05) is 31.9 Å². The van der Waals surface area contributed by atoms with Crippen molar-refractivity contribution < 1.29 is 0 Å². The first-order valence-corrected chi connectivity index (χ1v) is 4.45. The van der Waals surface area contributed by atoms with Crippen molar-refractivity contribution in [3.8, 4) is 6.07 Å². The summed E-state index contributed by atoms with van der Waals surface area (Å²) in [5.74, 6) is 0.666. The van der Waals surface area contributed by atoms with E-state index in [4.69, 9.17) is 11.0 Å². The van der Waals surface area contributed by atoms with Crippen molar-refractivity contribution in [2.45, 2.75) is 19.9 Å². The maximum absolute atomic E-state index is 8.79. The molecule has 0 atom stereocenters. The van der Waals surface area contributed by atoms with E-state index in [0.29, 0.717) is 23.1 Å². The van der Waals surface area contributed by atoms with E-state index >= 15 is 0 Å². The molecule has 2 N–H and O–H groups in total. The quantitative estimate of drug-likeness (QED) is 0.765. The minimum absolute atomic E-state index is 0.304. The zero-order valence-corrected chi connectivity index (χ0v) is 8.65. The maximum atomic E-state index is 8.79. The lowest BCUT2D eigenvalue weighted by molar-refractivity contribution is 0.744. The van der Waals surface area contributed by atoms with Crippen molar-refractivity contribution in [2.75, 3.05) is 17.7 Å². The molecule has 0 aliphatic heterocycles. The first kappa shape index (κ1) is 10.3. The molecule has 0 saturated carbocycles. The Kier molecular flexibility index (Phi) is 2.92. The van der Waals surface area contributed by atoms with Crippen LogP contribution in [0.4, 0.5) is 11.5 Å². The molecule has 0 spiro atoms. The zero-order chi connectivity index (χ0) is 10.7. The van der Waals surface area contributed by atoms with Crippen LogP contribution >= 0.6 is 0 Å². The van der Waals surface area contributed by atoms with E-state index in [9.17, 15) is 0 Å². The van der Waals surface area contributed by atoms with Crippen LogP contribution in [0.5, 0.6) is 0 Å². The number of nitrogens with two attached hydrogens (primary N) is 1. The van der Waals surface area contributed by atoms with E-state index in [1.54, 1.807) is 12.3 Å². The summed E-state index contributed by atoms with van der Waals surface area (Å²) in [6.45, 7) is 4.08. The Morgan fingerprint density at radius 1 is 1.57 bits per heavy atom. The molecule has 0 aliphatic rings. The van der Waals surface area contributed by atoms with Crippen LogP contribution in [0.1, 0.15) is 19.4 Å². The fourth-order valence-corrected chi connectivity index (χ4v) is 1.09. The van der Waals surface area contributed by atoms with Gasteiger partial charge < -0.3 is 10.6 Å². The Bertz CT molecular complexity index is 365. The van der Waals surface area contributed by atoms with E-state index < -0.39 is 0 Å². The van der Waals surface area contributed by atoms with Gasteiger partial charge in [-0.2, -0.15) is 5.26 Å². The van der Waals surface area contributed by atoms with E-state index in [-0.39, 0.29) is 0 Å². The van der Waals surface area contributed by atoms with Crippen LogP contribution in [0, 0.1) is 11.3 Å². The number of pyridine rings is 1. The smallest absolute Gasteiger partial charge is 0.153 e. The summed E-state index contributed by atoms with van der Waals surface area (Å²) in [5.41, 5.74) is 6.73. The molecule has 1 heterocycles. The zero-order valence-electron chi connectivity index (χ0n) is 8.65. The van der Waals surface area contributed by atoms with Gasteiger partial charge in [-0.15, -0.1) is 0 Å². The van der Waals surface area contributed by atoms with Gasteiger partial charge in [0.1, 0.15) is 6.07 Å². The standard InChI is InChI=1S/C10H14N4/c1-7(2)14(3)10-9(12)8(6-11)4-5-13-10/h4-5,7H,12H2,1-3H3. The lowest BCUT2D eigenvalue weighted by Crippen LogP contribution is -2.27. The van der Waals surface area contributed by atoms with Crippen LogP contribution in [-0.2, 0) is 0 Å². The highest BCUT2D eigenvalue weighted by atomic mass is 15.2. The first-order valence-electron chi connectivity index (χ1n) is 4.45. The van der Waals surface area contributed by atoms with Gasteiger partial charge in [-0.25, -0.2) is 4.98 Å². The van der Waals surface area contributed by atoms with Gasteiger partial charge in [0.2, 0.25) is 0 Å². The average Bonchev–Trinajstić information content (AvgIpc) is 2.17. The van der Waals surface area contributed by atoms with Crippen molar-refractivity contribution in [3.05, 3.63) is 17.8 Å². The molecular formula is C10H14N4. The lowest BCUT2D eigenvalue weighted by Gasteiger charge is -2.23. The molecule has 4 heteroatoms. The molecule has 0 bridgehead atoms. The van der Waals surface area contributed by atoms with Crippen LogP contribution in [0.25, 0.3) is 0 Å². The van der Waals surface area contributed by atoms with Crippen molar-refractivity contribution in [2.24, 2.45) is 0 Å². The van der Waals surface area contributed by atoms with Gasteiger partial charge in [-0.1, -0.05) is 0 Å². The number of rotatable bonds is 2. The predicted molar refractivity (Wildman–Crippen MR) is 56.9 cm³/mol. The topological polar surface area (TPSA) is 65.9 Å². The predicted octanol–water partition coefficient (Wildman–Crippen LogP) is 1.38. The molecule has 0 radical (unpaired) electrons. The molecular weight excluding hydrogens is 176 g/mol. The summed E-state index contributed by atoms with van der Waals surface area (Å²) in [6.07, 6.45) is 1.60. The van der Waals surface area contributed by atoms with E-state index in [1.165, 1.54) is 0 Å². The highest BCUT2D eigenvalue weighted by Crippen LogP contribution is 2.23. The molecule has 0 fully saturated rings. The number of nitrogens with zero attached hydrogens (tertiary/aromatic N) is 3. The number of aromatic nitrogens is 1. The van der Waals surface area contributed by atoms with Gasteiger partial charge in [-0.05, 0) is 19.9 Å². The van der Waals surface area contributed by atoms with Crippen LogP contribution in [0.15, 0.2) is 12.3 Å². The molecule has 1 rings (SSSR count). The van der Waals surface area contributed by atoms with Crippen LogP contribution in [-0.4, -0.2) is 18.1 Å². The van der Waals surface area contributed by atoms with Gasteiger partial charge in [0.25, 0.3) is 0 Å². The Hall–Kier alpha value is -1.76. The van der Waals surface area contributed by atoms with Crippen molar-refractivity contribution in [3.63, 3.8) is 0 Å². The monoisotopic (exact) mass is 190 g/mol. The van der Waals surface area contributed by atoms with Crippen molar-refractivity contribution >= 4 is 11.5 Å². The van der Waals surface area contributed by atoms with Crippen molar-refractivity contribution in [1.29, 1.82) is 5.26 Å². The molecule has 14 heavy (non-hydrogen) atoms. The molecule has 74 valence electrons. The van der Waals surface area contributed by atoms with Gasteiger partial charge in [0.05, 0.1) is 11.3 Å². The summed E-state index contributed by atoms with van der Waals surface area (Å²) in [5, 5.41) is 8.79. The SMILES string of the molecule is CC(C)N(C)c1nccc(C#N)c1N.